The van der Waals surface area contributed by atoms with Crippen LogP contribution < -0.4 is 4.90 Å². The van der Waals surface area contributed by atoms with Gasteiger partial charge in [-0.3, -0.25) is 9.59 Å². The molecule has 1 aromatic carbocycles. The number of allylic oxidation sites excluding steroid dienone is 2. The minimum Gasteiger partial charge on any atom is -0.274 e. The Morgan fingerprint density at radius 2 is 1.52 bits per heavy atom. The van der Waals surface area contributed by atoms with Gasteiger partial charge >= 0.3 is 0 Å². The molecule has 1 aliphatic heterocycles. The number of para-hydroxylation sites is 1. The van der Waals surface area contributed by atoms with E-state index < -0.39 is 0 Å². The third-order valence-electron chi connectivity index (χ3n) is 6.02. The molecule has 5 aliphatic rings. The number of carbonyl (C=O) groups is 2. The molecule has 6 atom stereocenters. The summed E-state index contributed by atoms with van der Waals surface area (Å²) in [5.41, 5.74) is 1.76. The maximum absolute atomic E-state index is 12.9. The third kappa shape index (κ3) is 1.30. The van der Waals surface area contributed by atoms with Crippen molar-refractivity contribution in [2.75, 3.05) is 4.90 Å². The number of benzene rings is 1. The van der Waals surface area contributed by atoms with Gasteiger partial charge in [0, 0.05) is 0 Å². The molecular weight excluding hydrogens is 262 g/mol. The first-order chi connectivity index (χ1) is 10.2. The summed E-state index contributed by atoms with van der Waals surface area (Å²) in [6, 6.07) is 7.69. The van der Waals surface area contributed by atoms with Crippen LogP contribution in [0.3, 0.4) is 0 Å². The zero-order chi connectivity index (χ0) is 14.3. The number of carbonyl (C=O) groups excluding carboxylic acids is 2. The predicted molar refractivity (Wildman–Crippen MR) is 78.4 cm³/mol. The Morgan fingerprint density at radius 3 is 2.10 bits per heavy atom. The van der Waals surface area contributed by atoms with E-state index in [1.807, 2.05) is 31.2 Å². The first kappa shape index (κ1) is 11.7. The van der Waals surface area contributed by atoms with E-state index >= 15 is 0 Å². The Kier molecular flexibility index (Phi) is 2.04. The van der Waals surface area contributed by atoms with Crippen LogP contribution in [0.1, 0.15) is 12.0 Å². The van der Waals surface area contributed by atoms with Crippen LogP contribution in [0, 0.1) is 42.4 Å². The van der Waals surface area contributed by atoms with Gasteiger partial charge < -0.3 is 0 Å². The zero-order valence-electron chi connectivity index (χ0n) is 11.9. The van der Waals surface area contributed by atoms with E-state index in [9.17, 15) is 9.59 Å². The highest BCUT2D eigenvalue weighted by molar-refractivity contribution is 6.23. The summed E-state index contributed by atoms with van der Waals surface area (Å²) in [5, 5.41) is 0. The van der Waals surface area contributed by atoms with E-state index in [0.717, 1.165) is 11.3 Å². The lowest BCUT2D eigenvalue weighted by atomic mass is 9.63. The molecule has 0 N–H and O–H groups in total. The lowest BCUT2D eigenvalue weighted by molar-refractivity contribution is -0.124. The molecule has 2 saturated carbocycles. The molecule has 21 heavy (non-hydrogen) atoms. The van der Waals surface area contributed by atoms with Crippen LogP contribution in [0.4, 0.5) is 5.69 Å². The quantitative estimate of drug-likeness (QED) is 0.585. The first-order valence-corrected chi connectivity index (χ1v) is 7.80. The van der Waals surface area contributed by atoms with Gasteiger partial charge in [-0.15, -0.1) is 0 Å². The number of amides is 2. The smallest absolute Gasteiger partial charge is 0.238 e. The number of imide groups is 1. The van der Waals surface area contributed by atoms with Gasteiger partial charge in [0.2, 0.25) is 11.8 Å². The molecule has 6 unspecified atom stereocenters. The summed E-state index contributed by atoms with van der Waals surface area (Å²) < 4.78 is 0. The maximum Gasteiger partial charge on any atom is 0.238 e. The molecule has 1 aromatic rings. The van der Waals surface area contributed by atoms with Crippen LogP contribution in [0.5, 0.6) is 0 Å². The van der Waals surface area contributed by atoms with Gasteiger partial charge in [-0.2, -0.15) is 0 Å². The fourth-order valence-electron chi connectivity index (χ4n) is 5.01. The van der Waals surface area contributed by atoms with Crippen molar-refractivity contribution in [3.8, 4) is 0 Å². The molecule has 3 nitrogen and oxygen atoms in total. The van der Waals surface area contributed by atoms with E-state index in [-0.39, 0.29) is 23.7 Å². The van der Waals surface area contributed by atoms with Crippen LogP contribution in [-0.4, -0.2) is 11.8 Å². The van der Waals surface area contributed by atoms with Crippen molar-refractivity contribution in [1.82, 2.24) is 0 Å². The Balaban J connectivity index is 1.62. The standard InChI is InChI=1S/C18H17NO2/c1-9-4-2-3-5-14(9)19-17(20)15-10-6-7-11(13-8-12(10)13)16(15)18(19)21/h2-7,10-13,15-16H,8H2,1H3. The van der Waals surface area contributed by atoms with Gasteiger partial charge in [0.25, 0.3) is 0 Å². The average Bonchev–Trinajstić information content (AvgIpc) is 3.26. The summed E-state index contributed by atoms with van der Waals surface area (Å²) in [6.45, 7) is 1.96. The molecule has 0 aromatic heterocycles. The third-order valence-corrected chi connectivity index (χ3v) is 6.02. The van der Waals surface area contributed by atoms with Crippen LogP contribution in [0.2, 0.25) is 0 Å². The molecular formula is C18H17NO2. The molecule has 106 valence electrons. The Morgan fingerprint density at radius 1 is 0.952 bits per heavy atom. The van der Waals surface area contributed by atoms with Crippen molar-refractivity contribution in [1.29, 1.82) is 0 Å². The Labute approximate surface area is 123 Å². The van der Waals surface area contributed by atoms with Crippen molar-refractivity contribution in [3.05, 3.63) is 42.0 Å². The van der Waals surface area contributed by atoms with Crippen molar-refractivity contribution < 1.29 is 9.59 Å². The lowest BCUT2D eigenvalue weighted by Crippen LogP contribution is -2.40. The van der Waals surface area contributed by atoms with Crippen molar-refractivity contribution in [2.45, 2.75) is 13.3 Å². The molecule has 1 heterocycles. The van der Waals surface area contributed by atoms with Gasteiger partial charge in [-0.1, -0.05) is 30.4 Å². The van der Waals surface area contributed by atoms with Crippen LogP contribution in [0.25, 0.3) is 0 Å². The maximum atomic E-state index is 12.9. The van der Waals surface area contributed by atoms with Gasteiger partial charge in [-0.25, -0.2) is 4.90 Å². The van der Waals surface area contributed by atoms with E-state index in [1.54, 1.807) is 0 Å². The number of rotatable bonds is 1. The Hall–Kier alpha value is -1.90. The summed E-state index contributed by atoms with van der Waals surface area (Å²) >= 11 is 0. The normalized spacial score (nSPS) is 42.2. The molecule has 6 rings (SSSR count). The number of aryl methyl sites for hydroxylation is 1. The molecule has 1 saturated heterocycles. The summed E-state index contributed by atoms with van der Waals surface area (Å²) in [4.78, 5) is 27.3. The molecule has 0 radical (unpaired) electrons. The second-order valence-corrected chi connectivity index (χ2v) is 6.95. The topological polar surface area (TPSA) is 37.4 Å². The molecule has 3 fully saturated rings. The highest BCUT2D eigenvalue weighted by atomic mass is 16.2. The van der Waals surface area contributed by atoms with Gasteiger partial charge in [0.05, 0.1) is 17.5 Å². The number of hydrogen-bond donors (Lipinski definition) is 0. The molecule has 2 amide bonds. The van der Waals surface area contributed by atoms with E-state index in [4.69, 9.17) is 0 Å². The van der Waals surface area contributed by atoms with E-state index in [0.29, 0.717) is 23.7 Å². The molecule has 2 bridgehead atoms. The largest absolute Gasteiger partial charge is 0.274 e. The van der Waals surface area contributed by atoms with Crippen molar-refractivity contribution in [2.24, 2.45) is 35.5 Å². The van der Waals surface area contributed by atoms with Crippen molar-refractivity contribution >= 4 is 17.5 Å². The van der Waals surface area contributed by atoms with Gasteiger partial charge in [0.15, 0.2) is 0 Å². The second kappa shape index (κ2) is 3.65. The summed E-state index contributed by atoms with van der Waals surface area (Å²) in [6.07, 6.45) is 5.64. The van der Waals surface area contributed by atoms with E-state index in [1.165, 1.54) is 11.3 Å². The highest BCUT2D eigenvalue weighted by Gasteiger charge is 2.67. The first-order valence-electron chi connectivity index (χ1n) is 7.80. The van der Waals surface area contributed by atoms with Crippen LogP contribution in [-0.2, 0) is 9.59 Å². The predicted octanol–water partition coefficient (Wildman–Crippen LogP) is 2.55. The minimum atomic E-state index is -0.101. The highest BCUT2D eigenvalue weighted by Crippen LogP contribution is 2.65. The van der Waals surface area contributed by atoms with Crippen LogP contribution >= 0.6 is 0 Å². The molecule has 3 heteroatoms. The lowest BCUT2D eigenvalue weighted by Gasteiger charge is -2.37. The number of hydrogen-bond acceptors (Lipinski definition) is 2. The minimum absolute atomic E-state index is 0.0315. The molecule has 4 aliphatic carbocycles. The van der Waals surface area contributed by atoms with Gasteiger partial charge in [0.1, 0.15) is 0 Å². The van der Waals surface area contributed by atoms with Crippen LogP contribution in [0.15, 0.2) is 36.4 Å². The van der Waals surface area contributed by atoms with Crippen molar-refractivity contribution in [3.63, 3.8) is 0 Å². The van der Waals surface area contributed by atoms with Gasteiger partial charge in [-0.05, 0) is 48.6 Å². The SMILES string of the molecule is Cc1ccccc1N1C(=O)C2C3C=CC(C4CC34)C2C1=O. The summed E-state index contributed by atoms with van der Waals surface area (Å²) in [7, 11) is 0. The number of anilines is 1. The molecule has 0 spiro atoms. The van der Waals surface area contributed by atoms with E-state index in [2.05, 4.69) is 12.2 Å². The second-order valence-electron chi connectivity index (χ2n) is 6.95. The monoisotopic (exact) mass is 279 g/mol. The number of nitrogens with zero attached hydrogens (tertiary/aromatic N) is 1. The zero-order valence-corrected chi connectivity index (χ0v) is 11.9. The average molecular weight is 279 g/mol. The summed E-state index contributed by atoms with van der Waals surface area (Å²) in [5.74, 6) is 1.79. The fourth-order valence-corrected chi connectivity index (χ4v) is 5.01. The fraction of sp³-hybridized carbons (Fsp3) is 0.444. The Bertz CT molecular complexity index is 671.